The third-order valence-electron chi connectivity index (χ3n) is 5.90. The van der Waals surface area contributed by atoms with E-state index < -0.39 is 35.1 Å². The maximum atomic E-state index is 13.3. The van der Waals surface area contributed by atoms with E-state index in [4.69, 9.17) is 4.52 Å². The largest absolute Gasteiger partial charge is 0.433 e. The molecule has 5 aromatic heterocycles. The van der Waals surface area contributed by atoms with Crippen LogP contribution in [-0.2, 0) is 24.6 Å². The maximum Gasteiger partial charge on any atom is 0.433 e. The first-order valence-corrected chi connectivity index (χ1v) is 11.3. The molecule has 0 aliphatic carbocycles. The van der Waals surface area contributed by atoms with Crippen LogP contribution < -0.4 is 16.6 Å². The summed E-state index contributed by atoms with van der Waals surface area (Å²) in [5, 5.41) is 6.31. The summed E-state index contributed by atoms with van der Waals surface area (Å²) in [6, 6.07) is 2.54. The molecule has 13 nitrogen and oxygen atoms in total. The van der Waals surface area contributed by atoms with Gasteiger partial charge in [0, 0.05) is 24.9 Å². The number of alkyl halides is 3. The molecule has 0 radical (unpaired) electrons. The molecule has 0 bridgehead atoms. The summed E-state index contributed by atoms with van der Waals surface area (Å²) in [6.45, 7) is 1.37. The number of nitrogens with zero attached hydrogens (tertiary/aromatic N) is 8. The lowest BCUT2D eigenvalue weighted by atomic mass is 10.2. The molecule has 1 amide bonds. The van der Waals surface area contributed by atoms with Crippen molar-refractivity contribution in [2.45, 2.75) is 25.7 Å². The van der Waals surface area contributed by atoms with Gasteiger partial charge in [-0.05, 0) is 19.1 Å². The highest BCUT2D eigenvalue weighted by Gasteiger charge is 2.32. The van der Waals surface area contributed by atoms with Crippen molar-refractivity contribution in [3.8, 4) is 11.3 Å². The van der Waals surface area contributed by atoms with Gasteiger partial charge in [0.15, 0.2) is 17.0 Å². The summed E-state index contributed by atoms with van der Waals surface area (Å²) in [7, 11) is 1.45. The summed E-state index contributed by atoms with van der Waals surface area (Å²) in [4.78, 5) is 54.9. The van der Waals surface area contributed by atoms with Crippen LogP contribution in [0.1, 0.15) is 24.4 Å². The second-order valence-corrected chi connectivity index (χ2v) is 8.43. The highest BCUT2D eigenvalue weighted by atomic mass is 19.4. The van der Waals surface area contributed by atoms with Crippen LogP contribution in [0.3, 0.4) is 0 Å². The van der Waals surface area contributed by atoms with Crippen molar-refractivity contribution in [2.75, 3.05) is 5.32 Å². The number of carbonyl (C=O) groups is 1. The number of amides is 1. The zero-order valence-corrected chi connectivity index (χ0v) is 20.2. The molecule has 0 saturated carbocycles. The lowest BCUT2D eigenvalue weighted by molar-refractivity contribution is -0.141. The van der Waals surface area contributed by atoms with Crippen molar-refractivity contribution in [3.05, 3.63) is 81.6 Å². The number of hydrogen-bond acceptors (Lipinski definition) is 9. The average Bonchev–Trinajstić information content (AvgIpc) is 3.60. The lowest BCUT2D eigenvalue weighted by Crippen LogP contribution is -2.40. The summed E-state index contributed by atoms with van der Waals surface area (Å²) in [5.41, 5.74) is -1.46. The molecule has 0 aliphatic rings. The number of hydrogen-bond donors (Lipinski definition) is 1. The predicted octanol–water partition coefficient (Wildman–Crippen LogP) is 2.00. The van der Waals surface area contributed by atoms with Crippen LogP contribution in [-0.4, -0.2) is 44.7 Å². The highest BCUT2D eigenvalue weighted by Crippen LogP contribution is 2.28. The molecule has 1 atom stereocenters. The van der Waals surface area contributed by atoms with Crippen LogP contribution >= 0.6 is 0 Å². The lowest BCUT2D eigenvalue weighted by Gasteiger charge is -2.15. The Morgan fingerprint density at radius 2 is 1.92 bits per heavy atom. The van der Waals surface area contributed by atoms with Gasteiger partial charge in [0.1, 0.15) is 23.7 Å². The fraction of sp³-hybridized carbons (Fsp3) is 0.217. The Balaban J connectivity index is 1.43. The van der Waals surface area contributed by atoms with Gasteiger partial charge in [0.05, 0.1) is 31.0 Å². The number of nitrogens with one attached hydrogen (secondary N) is 1. The second-order valence-electron chi connectivity index (χ2n) is 8.43. The van der Waals surface area contributed by atoms with Gasteiger partial charge in [0.25, 0.3) is 5.56 Å². The molecule has 5 heterocycles. The summed E-state index contributed by atoms with van der Waals surface area (Å²) < 4.78 is 46.6. The van der Waals surface area contributed by atoms with Gasteiger partial charge < -0.3 is 14.4 Å². The van der Waals surface area contributed by atoms with Gasteiger partial charge >= 0.3 is 11.9 Å². The van der Waals surface area contributed by atoms with E-state index >= 15 is 0 Å². The van der Waals surface area contributed by atoms with Crippen molar-refractivity contribution < 1.29 is 22.5 Å². The zero-order chi connectivity index (χ0) is 27.9. The molecule has 5 rings (SSSR count). The van der Waals surface area contributed by atoms with Crippen molar-refractivity contribution in [1.29, 1.82) is 0 Å². The Bertz CT molecular complexity index is 1790. The highest BCUT2D eigenvalue weighted by molar-refractivity contribution is 5.93. The van der Waals surface area contributed by atoms with Crippen LogP contribution in [0.2, 0.25) is 0 Å². The van der Waals surface area contributed by atoms with Crippen molar-refractivity contribution in [2.24, 2.45) is 7.05 Å². The van der Waals surface area contributed by atoms with Gasteiger partial charge in [-0.15, -0.1) is 0 Å². The third kappa shape index (κ3) is 4.78. The average molecular weight is 541 g/mol. The molecule has 0 spiro atoms. The molecular weight excluding hydrogens is 523 g/mol. The fourth-order valence-corrected chi connectivity index (χ4v) is 3.84. The molecule has 0 aliphatic heterocycles. The zero-order valence-electron chi connectivity index (χ0n) is 20.2. The Labute approximate surface area is 215 Å². The number of anilines is 1. The van der Waals surface area contributed by atoms with Crippen molar-refractivity contribution in [1.82, 2.24) is 38.8 Å². The number of carbonyl (C=O) groups excluding carboxylic acids is 1. The molecule has 1 N–H and O–H groups in total. The van der Waals surface area contributed by atoms with Crippen LogP contribution in [0.5, 0.6) is 0 Å². The normalized spacial score (nSPS) is 12.5. The summed E-state index contributed by atoms with van der Waals surface area (Å²) in [6.07, 6.45) is 1.57. The molecule has 16 heteroatoms. The number of aromatic nitrogens is 8. The minimum atomic E-state index is -4.58. The smallest absolute Gasteiger partial charge is 0.364 e. The topological polar surface area (TPSA) is 156 Å². The molecule has 0 saturated heterocycles. The number of rotatable bonds is 6. The minimum Gasteiger partial charge on any atom is -0.364 e. The molecule has 0 fully saturated rings. The van der Waals surface area contributed by atoms with E-state index in [1.165, 1.54) is 60.2 Å². The molecular formula is C23H18F3N9O4. The van der Waals surface area contributed by atoms with E-state index in [9.17, 15) is 27.6 Å². The van der Waals surface area contributed by atoms with E-state index in [0.29, 0.717) is 5.69 Å². The maximum absolute atomic E-state index is 13.3. The number of halogens is 3. The molecule has 39 heavy (non-hydrogen) atoms. The van der Waals surface area contributed by atoms with Gasteiger partial charge in [0.2, 0.25) is 5.91 Å². The quantitative estimate of drug-likeness (QED) is 0.340. The summed E-state index contributed by atoms with van der Waals surface area (Å²) in [5.74, 6) is -0.577. The van der Waals surface area contributed by atoms with Crippen LogP contribution in [0.25, 0.3) is 22.4 Å². The number of imidazole rings is 1. The Hall–Kier alpha value is -5.15. The monoisotopic (exact) mass is 541 g/mol. The van der Waals surface area contributed by atoms with Gasteiger partial charge in [-0.1, -0.05) is 5.16 Å². The van der Waals surface area contributed by atoms with E-state index in [-0.39, 0.29) is 34.8 Å². The number of aryl methyl sites for hydroxylation is 1. The standard InChI is InChI=1S/C23H18F3N9O4/c1-12(20(36)31-17-9-27-8-15(30-17)13-3-4-16(28-7-13)23(24,25)26)35-11-29-19-18(35)21(37)34(22(38)33(19)2)10-14-5-6-39-32-14/h3-9,11-12H,10H2,1-2H3,(H,30,31,36)/t12-/m0/s1. The second kappa shape index (κ2) is 9.62. The molecule has 200 valence electrons. The number of fused-ring (bicyclic) bond motifs is 1. The van der Waals surface area contributed by atoms with E-state index in [2.05, 4.69) is 30.4 Å². The SMILES string of the molecule is C[C@@H](C(=O)Nc1cncc(-c2ccc(C(F)(F)F)nc2)n1)n1cnc2c1c(=O)n(Cc1ccon1)c(=O)n2C. The van der Waals surface area contributed by atoms with Gasteiger partial charge in [-0.2, -0.15) is 13.2 Å². The first-order valence-electron chi connectivity index (χ1n) is 11.3. The number of pyridine rings is 1. The van der Waals surface area contributed by atoms with Crippen LogP contribution in [0, 0.1) is 0 Å². The minimum absolute atomic E-state index is 0.0129. The van der Waals surface area contributed by atoms with Gasteiger partial charge in [-0.25, -0.2) is 14.8 Å². The molecule has 0 unspecified atom stereocenters. The summed E-state index contributed by atoms with van der Waals surface area (Å²) >= 11 is 0. The van der Waals surface area contributed by atoms with Crippen molar-refractivity contribution in [3.63, 3.8) is 0 Å². The fourth-order valence-electron chi connectivity index (χ4n) is 3.84. The first kappa shape index (κ1) is 25.5. The van der Waals surface area contributed by atoms with E-state index in [0.717, 1.165) is 16.8 Å². The van der Waals surface area contributed by atoms with Crippen molar-refractivity contribution >= 4 is 22.9 Å². The first-order chi connectivity index (χ1) is 18.5. The van der Waals surface area contributed by atoms with Gasteiger partial charge in [-0.3, -0.25) is 28.7 Å². The molecule has 5 aromatic rings. The van der Waals surface area contributed by atoms with E-state index in [1.807, 2.05) is 0 Å². The predicted molar refractivity (Wildman–Crippen MR) is 128 cm³/mol. The Kier molecular flexibility index (Phi) is 6.29. The third-order valence-corrected chi connectivity index (χ3v) is 5.90. The molecule has 0 aromatic carbocycles. The van der Waals surface area contributed by atoms with E-state index in [1.54, 1.807) is 0 Å². The van der Waals surface area contributed by atoms with Crippen LogP contribution in [0.15, 0.2) is 63.5 Å². The Morgan fingerprint density at radius 3 is 2.59 bits per heavy atom. The van der Waals surface area contributed by atoms with Crippen LogP contribution in [0.4, 0.5) is 19.0 Å². The Morgan fingerprint density at radius 1 is 1.13 bits per heavy atom.